The zero-order valence-electron chi connectivity index (χ0n) is 22.8. The van der Waals surface area contributed by atoms with Crippen molar-refractivity contribution in [1.82, 2.24) is 0 Å². The largest absolute Gasteiger partial charge is 0.457 e. The molecule has 3 aromatic rings. The molecule has 0 fully saturated rings. The fourth-order valence-corrected chi connectivity index (χ4v) is 4.17. The molecule has 0 heterocycles. The van der Waals surface area contributed by atoms with Crippen molar-refractivity contribution >= 4 is 45.1 Å². The third kappa shape index (κ3) is 9.87. The standard InChI is InChI=1S/C31H35BrN2O5/c1-5-21-19-23(32)11-18-27(21)34-29(36)20-38-30(37)8-6-7-28(35)33-24-12-16-26(17-13-24)39-25-14-9-22(10-15-25)31(2,3)4/h9-19H,5-8,20H2,1-4H3,(H,33,35)(H,34,36). The van der Waals surface area contributed by atoms with Gasteiger partial charge in [-0.2, -0.15) is 0 Å². The van der Waals surface area contributed by atoms with Crippen molar-refractivity contribution in [3.8, 4) is 11.5 Å². The van der Waals surface area contributed by atoms with Gasteiger partial charge in [-0.25, -0.2) is 0 Å². The number of halogens is 1. The van der Waals surface area contributed by atoms with Gasteiger partial charge in [-0.15, -0.1) is 0 Å². The molecule has 2 N–H and O–H groups in total. The molecule has 0 atom stereocenters. The molecule has 0 bridgehead atoms. The highest BCUT2D eigenvalue weighted by Crippen LogP contribution is 2.27. The van der Waals surface area contributed by atoms with Crippen LogP contribution in [0.4, 0.5) is 11.4 Å². The molecule has 7 nitrogen and oxygen atoms in total. The lowest BCUT2D eigenvalue weighted by atomic mass is 9.87. The molecule has 0 saturated carbocycles. The molecule has 0 aliphatic rings. The summed E-state index contributed by atoms with van der Waals surface area (Å²) in [5.41, 5.74) is 3.60. The monoisotopic (exact) mass is 594 g/mol. The number of carbonyl (C=O) groups is 3. The number of benzene rings is 3. The summed E-state index contributed by atoms with van der Waals surface area (Å²) in [5.74, 6) is 0.251. The third-order valence-electron chi connectivity index (χ3n) is 5.97. The topological polar surface area (TPSA) is 93.7 Å². The first-order valence-corrected chi connectivity index (χ1v) is 13.7. The molecule has 0 aliphatic heterocycles. The fourth-order valence-electron chi connectivity index (χ4n) is 3.76. The summed E-state index contributed by atoms with van der Waals surface area (Å²) in [4.78, 5) is 36.4. The van der Waals surface area contributed by atoms with E-state index in [9.17, 15) is 14.4 Å². The summed E-state index contributed by atoms with van der Waals surface area (Å²) in [6.07, 6.45) is 1.25. The van der Waals surface area contributed by atoms with Crippen LogP contribution in [0, 0.1) is 0 Å². The van der Waals surface area contributed by atoms with Gasteiger partial charge in [-0.1, -0.05) is 55.8 Å². The lowest BCUT2D eigenvalue weighted by Crippen LogP contribution is -2.21. The van der Waals surface area contributed by atoms with Crippen LogP contribution in [-0.2, 0) is 31.0 Å². The van der Waals surface area contributed by atoms with Crippen LogP contribution in [-0.4, -0.2) is 24.4 Å². The Morgan fingerprint density at radius 2 is 1.46 bits per heavy atom. The number of esters is 1. The van der Waals surface area contributed by atoms with Crippen molar-refractivity contribution in [2.24, 2.45) is 0 Å². The number of carbonyl (C=O) groups excluding carboxylic acids is 3. The molecule has 0 unspecified atom stereocenters. The highest BCUT2D eigenvalue weighted by Gasteiger charge is 2.14. The van der Waals surface area contributed by atoms with Gasteiger partial charge in [0.05, 0.1) is 0 Å². The first-order valence-electron chi connectivity index (χ1n) is 13.0. The van der Waals surface area contributed by atoms with Crippen molar-refractivity contribution < 1.29 is 23.9 Å². The molecule has 0 aliphatic carbocycles. The quantitative estimate of drug-likeness (QED) is 0.226. The summed E-state index contributed by atoms with van der Waals surface area (Å²) in [6.45, 7) is 8.11. The lowest BCUT2D eigenvalue weighted by Gasteiger charge is -2.19. The molecule has 3 rings (SSSR count). The Hall–Kier alpha value is -3.65. The van der Waals surface area contributed by atoms with Crippen molar-refractivity contribution in [1.29, 1.82) is 0 Å². The molecule has 0 radical (unpaired) electrons. The number of hydrogen-bond donors (Lipinski definition) is 2. The number of ether oxygens (including phenoxy) is 2. The van der Waals surface area contributed by atoms with Crippen LogP contribution >= 0.6 is 15.9 Å². The van der Waals surface area contributed by atoms with Gasteiger partial charge in [0.15, 0.2) is 6.61 Å². The predicted octanol–water partition coefficient (Wildman–Crippen LogP) is 7.39. The summed E-state index contributed by atoms with van der Waals surface area (Å²) in [7, 11) is 0. The summed E-state index contributed by atoms with van der Waals surface area (Å²) < 4.78 is 11.9. The van der Waals surface area contributed by atoms with E-state index in [1.54, 1.807) is 30.3 Å². The van der Waals surface area contributed by atoms with Gasteiger partial charge in [-0.05, 0) is 84.0 Å². The summed E-state index contributed by atoms with van der Waals surface area (Å²) >= 11 is 3.41. The highest BCUT2D eigenvalue weighted by atomic mass is 79.9. The first-order chi connectivity index (χ1) is 18.5. The molecule has 206 valence electrons. The highest BCUT2D eigenvalue weighted by molar-refractivity contribution is 9.10. The second-order valence-electron chi connectivity index (χ2n) is 10.2. The van der Waals surface area contributed by atoms with Gasteiger partial charge in [0.1, 0.15) is 11.5 Å². The number of nitrogens with one attached hydrogen (secondary N) is 2. The normalized spacial score (nSPS) is 11.0. The maximum absolute atomic E-state index is 12.3. The van der Waals surface area contributed by atoms with E-state index in [0.29, 0.717) is 23.5 Å². The Labute approximate surface area is 238 Å². The average Bonchev–Trinajstić information content (AvgIpc) is 2.89. The molecular weight excluding hydrogens is 560 g/mol. The minimum atomic E-state index is -0.526. The maximum atomic E-state index is 12.3. The van der Waals surface area contributed by atoms with E-state index >= 15 is 0 Å². The Kier molecular flexibility index (Phi) is 10.7. The minimum absolute atomic E-state index is 0.0416. The second-order valence-corrected chi connectivity index (χ2v) is 11.1. The van der Waals surface area contributed by atoms with Gasteiger partial charge >= 0.3 is 5.97 Å². The summed E-state index contributed by atoms with van der Waals surface area (Å²) in [6, 6.07) is 20.7. The maximum Gasteiger partial charge on any atom is 0.306 e. The minimum Gasteiger partial charge on any atom is -0.457 e. The molecule has 0 spiro atoms. The number of aryl methyl sites for hydroxylation is 1. The van der Waals surface area contributed by atoms with Crippen molar-refractivity contribution in [3.63, 3.8) is 0 Å². The van der Waals surface area contributed by atoms with E-state index in [0.717, 1.165) is 22.2 Å². The Balaban J connectivity index is 1.35. The zero-order chi connectivity index (χ0) is 28.4. The molecule has 0 saturated heterocycles. The van der Waals surface area contributed by atoms with Crippen molar-refractivity contribution in [3.05, 3.63) is 82.3 Å². The number of rotatable bonds is 11. The van der Waals surface area contributed by atoms with E-state index in [2.05, 4.69) is 59.5 Å². The van der Waals surface area contributed by atoms with E-state index in [-0.39, 0.29) is 30.8 Å². The van der Waals surface area contributed by atoms with E-state index < -0.39 is 11.9 Å². The molecule has 0 aromatic heterocycles. The number of amides is 2. The van der Waals surface area contributed by atoms with Gasteiger partial charge in [0.2, 0.25) is 5.91 Å². The van der Waals surface area contributed by atoms with Crippen molar-refractivity contribution in [2.75, 3.05) is 17.2 Å². The summed E-state index contributed by atoms with van der Waals surface area (Å²) in [5, 5.41) is 5.57. The molecule has 2 amide bonds. The Bertz CT molecular complexity index is 1280. The van der Waals surface area contributed by atoms with Crippen LogP contribution < -0.4 is 15.4 Å². The second kappa shape index (κ2) is 13.9. The molecule has 8 heteroatoms. The average molecular weight is 596 g/mol. The van der Waals surface area contributed by atoms with Crippen molar-refractivity contribution in [2.45, 2.75) is 58.8 Å². The zero-order valence-corrected chi connectivity index (χ0v) is 24.4. The Morgan fingerprint density at radius 3 is 2.08 bits per heavy atom. The Morgan fingerprint density at radius 1 is 0.821 bits per heavy atom. The van der Waals surface area contributed by atoms with E-state index in [1.165, 1.54) is 5.56 Å². The van der Waals surface area contributed by atoms with Crippen LogP contribution in [0.25, 0.3) is 0 Å². The van der Waals surface area contributed by atoms with Crippen LogP contribution in [0.1, 0.15) is 58.1 Å². The van der Waals surface area contributed by atoms with Crippen LogP contribution in [0.15, 0.2) is 71.2 Å². The van der Waals surface area contributed by atoms with Crippen LogP contribution in [0.5, 0.6) is 11.5 Å². The van der Waals surface area contributed by atoms with E-state index in [1.807, 2.05) is 31.2 Å². The van der Waals surface area contributed by atoms with Crippen LogP contribution in [0.2, 0.25) is 0 Å². The van der Waals surface area contributed by atoms with Gasteiger partial charge < -0.3 is 20.1 Å². The van der Waals surface area contributed by atoms with Gasteiger partial charge in [0.25, 0.3) is 5.91 Å². The molecular formula is C31H35BrN2O5. The lowest BCUT2D eigenvalue weighted by molar-refractivity contribution is -0.147. The molecule has 3 aromatic carbocycles. The van der Waals surface area contributed by atoms with E-state index in [4.69, 9.17) is 9.47 Å². The number of anilines is 2. The number of hydrogen-bond acceptors (Lipinski definition) is 5. The first kappa shape index (κ1) is 29.9. The van der Waals surface area contributed by atoms with Gasteiger partial charge in [-0.3, -0.25) is 14.4 Å². The SMILES string of the molecule is CCc1cc(Br)ccc1NC(=O)COC(=O)CCCC(=O)Nc1ccc(Oc2ccc(C(C)(C)C)cc2)cc1. The third-order valence-corrected chi connectivity index (χ3v) is 6.46. The fraction of sp³-hybridized carbons (Fsp3) is 0.323. The van der Waals surface area contributed by atoms with Gasteiger partial charge in [0, 0.05) is 28.7 Å². The predicted molar refractivity (Wildman–Crippen MR) is 157 cm³/mol. The smallest absolute Gasteiger partial charge is 0.306 e. The molecule has 39 heavy (non-hydrogen) atoms. The van der Waals surface area contributed by atoms with Crippen LogP contribution in [0.3, 0.4) is 0 Å².